The number of thioether (sulfide) groups is 1. The Morgan fingerprint density at radius 2 is 2.38 bits per heavy atom. The quantitative estimate of drug-likeness (QED) is 0.670. The molecule has 2 N–H and O–H groups in total. The third-order valence-corrected chi connectivity index (χ3v) is 3.74. The van der Waals surface area contributed by atoms with Crippen molar-refractivity contribution >= 4 is 17.7 Å². The van der Waals surface area contributed by atoms with Crippen molar-refractivity contribution in [1.29, 1.82) is 0 Å². The summed E-state index contributed by atoms with van der Waals surface area (Å²) < 4.78 is 0. The molecule has 1 aliphatic carbocycles. The minimum absolute atomic E-state index is 0.0477. The van der Waals surface area contributed by atoms with E-state index in [1.807, 2.05) is 11.8 Å². The maximum absolute atomic E-state index is 11.6. The van der Waals surface area contributed by atoms with Gasteiger partial charge in [0.15, 0.2) is 0 Å². The van der Waals surface area contributed by atoms with Gasteiger partial charge in [0, 0.05) is 24.1 Å². The Morgan fingerprint density at radius 3 is 2.92 bits per heavy atom. The molecule has 1 amide bonds. The Kier molecular flexibility index (Phi) is 2.79. The molecule has 3 atom stereocenters. The molecule has 1 heterocycles. The van der Waals surface area contributed by atoms with Crippen LogP contribution in [0.4, 0.5) is 0 Å². The lowest BCUT2D eigenvalue weighted by Gasteiger charge is -2.22. The van der Waals surface area contributed by atoms with Crippen LogP contribution in [0.25, 0.3) is 0 Å². The van der Waals surface area contributed by atoms with Gasteiger partial charge in [0.25, 0.3) is 0 Å². The van der Waals surface area contributed by atoms with Crippen LogP contribution in [0.3, 0.4) is 0 Å². The van der Waals surface area contributed by atoms with Crippen LogP contribution in [-0.4, -0.2) is 36.0 Å². The Bertz CT molecular complexity index is 204. The number of carbonyl (C=O) groups excluding carboxylic acids is 1. The van der Waals surface area contributed by atoms with Gasteiger partial charge in [-0.25, -0.2) is 0 Å². The molecule has 4 heteroatoms. The molecule has 0 bridgehead atoms. The van der Waals surface area contributed by atoms with Crippen molar-refractivity contribution in [2.45, 2.75) is 25.4 Å². The van der Waals surface area contributed by atoms with E-state index in [2.05, 4.69) is 17.6 Å². The van der Waals surface area contributed by atoms with Crippen LogP contribution in [0.5, 0.6) is 0 Å². The van der Waals surface area contributed by atoms with Crippen molar-refractivity contribution in [2.24, 2.45) is 5.92 Å². The van der Waals surface area contributed by atoms with Gasteiger partial charge >= 0.3 is 0 Å². The Hall–Kier alpha value is -0.220. The maximum Gasteiger partial charge on any atom is 0.238 e. The molecule has 0 aromatic rings. The molecule has 1 aliphatic heterocycles. The molecule has 3 unspecified atom stereocenters. The smallest absolute Gasteiger partial charge is 0.238 e. The van der Waals surface area contributed by atoms with Gasteiger partial charge in [-0.1, -0.05) is 6.92 Å². The van der Waals surface area contributed by atoms with Gasteiger partial charge in [0.1, 0.15) is 0 Å². The summed E-state index contributed by atoms with van der Waals surface area (Å²) in [4.78, 5) is 11.6. The molecular weight excluding hydrogens is 184 g/mol. The fourth-order valence-electron chi connectivity index (χ4n) is 1.54. The Balaban J connectivity index is 1.75. The van der Waals surface area contributed by atoms with Gasteiger partial charge < -0.3 is 10.6 Å². The summed E-state index contributed by atoms with van der Waals surface area (Å²) >= 11 is 1.86. The number of carbonyl (C=O) groups is 1. The summed E-state index contributed by atoms with van der Waals surface area (Å²) in [5.74, 6) is 2.94. The first-order valence-electron chi connectivity index (χ1n) is 4.89. The van der Waals surface area contributed by atoms with Crippen LogP contribution in [0, 0.1) is 5.92 Å². The minimum Gasteiger partial charge on any atom is -0.352 e. The first-order chi connectivity index (χ1) is 6.27. The van der Waals surface area contributed by atoms with E-state index in [4.69, 9.17) is 0 Å². The highest BCUT2D eigenvalue weighted by molar-refractivity contribution is 7.99. The molecule has 0 spiro atoms. The molecule has 2 aliphatic rings. The average molecular weight is 200 g/mol. The first kappa shape index (κ1) is 9.34. The summed E-state index contributed by atoms with van der Waals surface area (Å²) in [6.45, 7) is 3.14. The zero-order valence-electron chi connectivity index (χ0n) is 7.88. The predicted molar refractivity (Wildman–Crippen MR) is 54.8 cm³/mol. The van der Waals surface area contributed by atoms with Gasteiger partial charge in [0.05, 0.1) is 6.04 Å². The third kappa shape index (κ3) is 2.38. The lowest BCUT2D eigenvalue weighted by Crippen LogP contribution is -2.49. The van der Waals surface area contributed by atoms with E-state index >= 15 is 0 Å². The molecule has 13 heavy (non-hydrogen) atoms. The molecule has 0 radical (unpaired) electrons. The number of amides is 1. The first-order valence-corrected chi connectivity index (χ1v) is 6.04. The fraction of sp³-hybridized carbons (Fsp3) is 0.889. The standard InChI is InChI=1S/C9H16N2OS/c1-6-4-7(6)11-9(12)8-5-13-3-2-10-8/h6-8,10H,2-5H2,1H3,(H,11,12). The molecule has 74 valence electrons. The van der Waals surface area contributed by atoms with Crippen molar-refractivity contribution in [2.75, 3.05) is 18.1 Å². The van der Waals surface area contributed by atoms with Gasteiger partial charge in [-0.3, -0.25) is 4.79 Å². The van der Waals surface area contributed by atoms with Gasteiger partial charge in [-0.15, -0.1) is 0 Å². The lowest BCUT2D eigenvalue weighted by molar-refractivity contribution is -0.122. The van der Waals surface area contributed by atoms with E-state index in [1.54, 1.807) is 0 Å². The fourth-order valence-corrected chi connectivity index (χ4v) is 2.47. The summed E-state index contributed by atoms with van der Waals surface area (Å²) in [5, 5.41) is 6.29. The number of hydrogen-bond donors (Lipinski definition) is 2. The van der Waals surface area contributed by atoms with Gasteiger partial charge in [-0.2, -0.15) is 11.8 Å². The van der Waals surface area contributed by atoms with Crippen LogP contribution < -0.4 is 10.6 Å². The van der Waals surface area contributed by atoms with Gasteiger partial charge in [0.2, 0.25) is 5.91 Å². The SMILES string of the molecule is CC1CC1NC(=O)C1CSCCN1. The third-order valence-electron chi connectivity index (χ3n) is 2.68. The second kappa shape index (κ2) is 3.88. The van der Waals surface area contributed by atoms with Crippen molar-refractivity contribution < 1.29 is 4.79 Å². The summed E-state index contributed by atoms with van der Waals surface area (Å²) in [6, 6.07) is 0.507. The average Bonchev–Trinajstić information content (AvgIpc) is 2.83. The maximum atomic E-state index is 11.6. The highest BCUT2D eigenvalue weighted by atomic mass is 32.2. The summed E-state index contributed by atoms with van der Waals surface area (Å²) in [5.41, 5.74) is 0. The summed E-state index contributed by atoms with van der Waals surface area (Å²) in [6.07, 6.45) is 1.16. The van der Waals surface area contributed by atoms with Crippen LogP contribution in [0.1, 0.15) is 13.3 Å². The second-order valence-electron chi connectivity index (χ2n) is 3.91. The van der Waals surface area contributed by atoms with Crippen molar-refractivity contribution in [1.82, 2.24) is 10.6 Å². The highest BCUT2D eigenvalue weighted by Gasteiger charge is 2.35. The van der Waals surface area contributed by atoms with Crippen molar-refractivity contribution in [3.8, 4) is 0 Å². The van der Waals surface area contributed by atoms with Crippen LogP contribution in [0.15, 0.2) is 0 Å². The lowest BCUT2D eigenvalue weighted by atomic mass is 10.3. The number of hydrogen-bond acceptors (Lipinski definition) is 3. The molecule has 3 nitrogen and oxygen atoms in total. The van der Waals surface area contributed by atoms with Crippen LogP contribution in [-0.2, 0) is 4.79 Å². The molecular formula is C9H16N2OS. The predicted octanol–water partition coefficient (Wildman–Crippen LogP) is 0.216. The van der Waals surface area contributed by atoms with Crippen LogP contribution in [0.2, 0.25) is 0 Å². The van der Waals surface area contributed by atoms with Crippen molar-refractivity contribution in [3.05, 3.63) is 0 Å². The van der Waals surface area contributed by atoms with E-state index in [0.29, 0.717) is 12.0 Å². The van der Waals surface area contributed by atoms with E-state index < -0.39 is 0 Å². The number of nitrogens with one attached hydrogen (secondary N) is 2. The van der Waals surface area contributed by atoms with E-state index in [9.17, 15) is 4.79 Å². The molecule has 1 saturated heterocycles. The Morgan fingerprint density at radius 1 is 1.62 bits per heavy atom. The van der Waals surface area contributed by atoms with E-state index in [1.165, 1.54) is 0 Å². The van der Waals surface area contributed by atoms with Crippen molar-refractivity contribution in [3.63, 3.8) is 0 Å². The molecule has 0 aromatic heterocycles. The second-order valence-corrected chi connectivity index (χ2v) is 5.06. The topological polar surface area (TPSA) is 41.1 Å². The highest BCUT2D eigenvalue weighted by Crippen LogP contribution is 2.29. The largest absolute Gasteiger partial charge is 0.352 e. The normalized spacial score (nSPS) is 38.4. The Labute approximate surface area is 83.0 Å². The summed E-state index contributed by atoms with van der Waals surface area (Å²) in [7, 11) is 0. The molecule has 0 aromatic carbocycles. The monoisotopic (exact) mass is 200 g/mol. The minimum atomic E-state index is 0.0477. The van der Waals surface area contributed by atoms with Crippen LogP contribution >= 0.6 is 11.8 Å². The van der Waals surface area contributed by atoms with E-state index in [-0.39, 0.29) is 11.9 Å². The number of rotatable bonds is 2. The zero-order valence-corrected chi connectivity index (χ0v) is 8.69. The zero-order chi connectivity index (χ0) is 9.26. The molecule has 2 fully saturated rings. The van der Waals surface area contributed by atoms with Gasteiger partial charge in [-0.05, 0) is 12.3 Å². The van der Waals surface area contributed by atoms with E-state index in [0.717, 1.165) is 24.5 Å². The molecule has 1 saturated carbocycles. The molecule has 2 rings (SSSR count).